The first-order valence-corrected chi connectivity index (χ1v) is 11.4. The molecule has 2 aromatic carbocycles. The summed E-state index contributed by atoms with van der Waals surface area (Å²) in [5.41, 5.74) is 1.94. The van der Waals surface area contributed by atoms with E-state index in [1.165, 1.54) is 17.4 Å². The van der Waals surface area contributed by atoms with Gasteiger partial charge in [-0.15, -0.1) is 0 Å². The van der Waals surface area contributed by atoms with Crippen molar-refractivity contribution in [1.29, 1.82) is 0 Å². The number of aromatic nitrogens is 2. The Morgan fingerprint density at radius 1 is 1.06 bits per heavy atom. The van der Waals surface area contributed by atoms with E-state index in [0.717, 1.165) is 25.4 Å². The van der Waals surface area contributed by atoms with Crippen LogP contribution in [0, 0.1) is 0 Å². The normalized spacial score (nSPS) is 11.2. The second-order valence-corrected chi connectivity index (χ2v) is 9.38. The summed E-state index contributed by atoms with van der Waals surface area (Å²) < 4.78 is 6.77. The molecule has 0 atom stereocenters. The number of amides is 1. The molecular weight excluding hydrogens is 546 g/mol. The number of anilines is 1. The number of rotatable bonds is 3. The molecule has 9 heteroatoms. The van der Waals surface area contributed by atoms with Gasteiger partial charge in [0, 0.05) is 27.3 Å². The molecule has 6 nitrogen and oxygen atoms in total. The molecule has 0 radical (unpaired) electrons. The summed E-state index contributed by atoms with van der Waals surface area (Å²) in [4.78, 5) is 34.8. The van der Waals surface area contributed by atoms with Crippen LogP contribution in [0.2, 0.25) is 0 Å². The summed E-state index contributed by atoms with van der Waals surface area (Å²) in [6, 6.07) is 16.1. The van der Waals surface area contributed by atoms with Crippen molar-refractivity contribution < 1.29 is 9.21 Å². The standard InChI is InChI=1S/C22H11Br2N3O3S/c23-13-8-12-9-15(22(29)30-18(12)16(24)10-13)19(28)26-14-5-3-11(4-6-14)20-27-17-2-1-7-25-21(17)31-20/h1-10H,(H,26,28). The average molecular weight is 557 g/mol. The highest BCUT2D eigenvalue weighted by Crippen LogP contribution is 2.30. The lowest BCUT2D eigenvalue weighted by Gasteiger charge is -2.07. The molecule has 0 spiro atoms. The van der Waals surface area contributed by atoms with Gasteiger partial charge in [0.2, 0.25) is 0 Å². The summed E-state index contributed by atoms with van der Waals surface area (Å²) in [6.45, 7) is 0. The third-order valence-corrected chi connectivity index (χ3v) is 6.63. The fourth-order valence-corrected chi connectivity index (χ4v) is 5.36. The van der Waals surface area contributed by atoms with Gasteiger partial charge in [-0.05, 0) is 70.5 Å². The third kappa shape index (κ3) is 3.91. The second kappa shape index (κ2) is 7.99. The number of pyridine rings is 1. The Morgan fingerprint density at radius 3 is 2.65 bits per heavy atom. The highest BCUT2D eigenvalue weighted by Gasteiger charge is 2.16. The van der Waals surface area contributed by atoms with Crippen LogP contribution in [0.15, 0.2) is 79.0 Å². The first kappa shape index (κ1) is 20.0. The minimum absolute atomic E-state index is 0.0705. The highest BCUT2D eigenvalue weighted by molar-refractivity contribution is 9.11. The number of nitrogens with zero attached hydrogens (tertiary/aromatic N) is 2. The predicted molar refractivity (Wildman–Crippen MR) is 129 cm³/mol. The van der Waals surface area contributed by atoms with E-state index in [1.807, 2.05) is 24.3 Å². The molecule has 3 heterocycles. The molecular formula is C22H11Br2N3O3S. The van der Waals surface area contributed by atoms with Crippen molar-refractivity contribution in [3.8, 4) is 10.6 Å². The van der Waals surface area contributed by atoms with Gasteiger partial charge in [0.25, 0.3) is 5.91 Å². The van der Waals surface area contributed by atoms with Crippen molar-refractivity contribution in [2.45, 2.75) is 0 Å². The molecule has 5 rings (SSSR count). The molecule has 1 amide bonds. The average Bonchev–Trinajstić information content (AvgIpc) is 3.18. The molecule has 0 saturated carbocycles. The molecule has 0 unspecified atom stereocenters. The monoisotopic (exact) mass is 555 g/mol. The molecule has 0 bridgehead atoms. The number of fused-ring (bicyclic) bond motifs is 2. The topological polar surface area (TPSA) is 85.1 Å². The predicted octanol–water partition coefficient (Wildman–Crippen LogP) is 6.24. The largest absolute Gasteiger partial charge is 0.421 e. The van der Waals surface area contributed by atoms with E-state index in [1.54, 1.807) is 30.5 Å². The summed E-state index contributed by atoms with van der Waals surface area (Å²) in [7, 11) is 0. The summed E-state index contributed by atoms with van der Waals surface area (Å²) in [5, 5.41) is 4.22. The van der Waals surface area contributed by atoms with Gasteiger partial charge in [0.15, 0.2) is 5.58 Å². The molecule has 3 aromatic heterocycles. The van der Waals surface area contributed by atoms with Gasteiger partial charge in [-0.1, -0.05) is 27.3 Å². The Bertz CT molecular complexity index is 1490. The summed E-state index contributed by atoms with van der Waals surface area (Å²) in [5.74, 6) is -0.538. The van der Waals surface area contributed by atoms with E-state index < -0.39 is 11.5 Å². The number of benzene rings is 2. The van der Waals surface area contributed by atoms with Crippen molar-refractivity contribution in [2.75, 3.05) is 5.32 Å². The van der Waals surface area contributed by atoms with E-state index in [-0.39, 0.29) is 5.56 Å². The van der Waals surface area contributed by atoms with Gasteiger partial charge < -0.3 is 9.73 Å². The Labute approximate surface area is 196 Å². The molecule has 0 aliphatic carbocycles. The summed E-state index contributed by atoms with van der Waals surface area (Å²) >= 11 is 8.26. The molecule has 0 aliphatic heterocycles. The number of thiazole rings is 1. The number of halogens is 2. The zero-order chi connectivity index (χ0) is 21.5. The number of carbonyl (C=O) groups excluding carboxylic acids is 1. The lowest BCUT2D eigenvalue weighted by molar-refractivity contribution is 0.102. The van der Waals surface area contributed by atoms with Crippen LogP contribution in [-0.2, 0) is 0 Å². The molecule has 0 aliphatic rings. The number of carbonyl (C=O) groups is 1. The minimum Gasteiger partial charge on any atom is -0.421 e. The number of nitrogens with one attached hydrogen (secondary N) is 1. The summed E-state index contributed by atoms with van der Waals surface area (Å²) in [6.07, 6.45) is 1.74. The first-order chi connectivity index (χ1) is 15.0. The second-order valence-electron chi connectivity index (χ2n) is 6.63. The van der Waals surface area contributed by atoms with Gasteiger partial charge >= 0.3 is 5.63 Å². The van der Waals surface area contributed by atoms with Crippen LogP contribution in [0.4, 0.5) is 5.69 Å². The Morgan fingerprint density at radius 2 is 1.87 bits per heavy atom. The molecule has 0 saturated heterocycles. The van der Waals surface area contributed by atoms with Crippen molar-refractivity contribution in [2.24, 2.45) is 0 Å². The minimum atomic E-state index is -0.702. The maximum Gasteiger partial charge on any atom is 0.349 e. The van der Waals surface area contributed by atoms with Crippen LogP contribution in [0.1, 0.15) is 10.4 Å². The van der Waals surface area contributed by atoms with Crippen molar-refractivity contribution in [3.63, 3.8) is 0 Å². The molecule has 0 fully saturated rings. The van der Waals surface area contributed by atoms with E-state index in [0.29, 0.717) is 21.1 Å². The van der Waals surface area contributed by atoms with Crippen molar-refractivity contribution in [3.05, 3.63) is 85.7 Å². The van der Waals surface area contributed by atoms with Crippen LogP contribution in [0.25, 0.3) is 31.9 Å². The van der Waals surface area contributed by atoms with Crippen LogP contribution in [-0.4, -0.2) is 15.9 Å². The van der Waals surface area contributed by atoms with Gasteiger partial charge in [0.1, 0.15) is 20.9 Å². The van der Waals surface area contributed by atoms with E-state index in [2.05, 4.69) is 47.1 Å². The smallest absolute Gasteiger partial charge is 0.349 e. The van der Waals surface area contributed by atoms with Gasteiger partial charge in [-0.3, -0.25) is 4.79 Å². The maximum atomic E-state index is 12.7. The van der Waals surface area contributed by atoms with Crippen LogP contribution in [0.3, 0.4) is 0 Å². The van der Waals surface area contributed by atoms with E-state index in [4.69, 9.17) is 4.42 Å². The van der Waals surface area contributed by atoms with E-state index >= 15 is 0 Å². The van der Waals surface area contributed by atoms with Crippen LogP contribution in [0.5, 0.6) is 0 Å². The molecule has 1 N–H and O–H groups in total. The Balaban J connectivity index is 1.41. The Kier molecular flexibility index (Phi) is 5.17. The van der Waals surface area contributed by atoms with Crippen LogP contribution < -0.4 is 10.9 Å². The first-order valence-electron chi connectivity index (χ1n) is 9.04. The fraction of sp³-hybridized carbons (Fsp3) is 0. The van der Waals surface area contributed by atoms with Crippen molar-refractivity contribution in [1.82, 2.24) is 9.97 Å². The van der Waals surface area contributed by atoms with Gasteiger partial charge in [-0.2, -0.15) is 0 Å². The maximum absolute atomic E-state index is 12.7. The van der Waals surface area contributed by atoms with Gasteiger partial charge in [0.05, 0.1) is 4.47 Å². The lowest BCUT2D eigenvalue weighted by Crippen LogP contribution is -2.20. The zero-order valence-corrected chi connectivity index (χ0v) is 19.5. The van der Waals surface area contributed by atoms with Gasteiger partial charge in [-0.25, -0.2) is 14.8 Å². The van der Waals surface area contributed by atoms with E-state index in [9.17, 15) is 9.59 Å². The molecule has 152 valence electrons. The molecule has 5 aromatic rings. The highest BCUT2D eigenvalue weighted by atomic mass is 79.9. The van der Waals surface area contributed by atoms with Crippen molar-refractivity contribution >= 4 is 76.1 Å². The molecule has 31 heavy (non-hydrogen) atoms. The number of hydrogen-bond donors (Lipinski definition) is 1. The quantitative estimate of drug-likeness (QED) is 0.266. The van der Waals surface area contributed by atoms with Crippen LogP contribution >= 0.6 is 43.2 Å². The Hall–Kier alpha value is -2.88. The SMILES string of the molecule is O=C(Nc1ccc(-c2nc3cccnc3s2)cc1)c1cc2cc(Br)cc(Br)c2oc1=O. The third-order valence-electron chi connectivity index (χ3n) is 4.55. The fourth-order valence-electron chi connectivity index (χ4n) is 3.10. The number of hydrogen-bond acceptors (Lipinski definition) is 6. The zero-order valence-electron chi connectivity index (χ0n) is 15.6. The lowest BCUT2D eigenvalue weighted by atomic mass is 10.1.